The molecule has 0 saturated carbocycles. The van der Waals surface area contributed by atoms with E-state index < -0.39 is 25.5 Å². The van der Waals surface area contributed by atoms with Crippen molar-refractivity contribution in [1.29, 1.82) is 0 Å². The molecule has 584 valence electrons. The summed E-state index contributed by atoms with van der Waals surface area (Å²) >= 11 is 0. The Morgan fingerprint density at radius 1 is 0.293 bits per heavy atom. The van der Waals surface area contributed by atoms with Crippen molar-refractivity contribution >= 4 is 111 Å². The van der Waals surface area contributed by atoms with Crippen LogP contribution in [0.3, 0.4) is 0 Å². The quantitative estimate of drug-likeness (QED) is 0.0901. The van der Waals surface area contributed by atoms with Gasteiger partial charge in [-0.2, -0.15) is 18.3 Å². The summed E-state index contributed by atoms with van der Waals surface area (Å²) in [6, 6.07) is 47.4. The molecular formula is C104H108N8O4+4. The van der Waals surface area contributed by atoms with Gasteiger partial charge in [0.25, 0.3) is 0 Å². The van der Waals surface area contributed by atoms with Crippen molar-refractivity contribution in [3.63, 3.8) is 0 Å². The summed E-state index contributed by atoms with van der Waals surface area (Å²) in [4.78, 5) is 14.7. The molecule has 0 N–H and O–H groups in total. The number of pyridine rings is 4. The number of benzene rings is 8. The molecule has 0 aliphatic rings. The lowest BCUT2D eigenvalue weighted by Gasteiger charge is -2.12. The van der Waals surface area contributed by atoms with Crippen LogP contribution in [0.4, 0.5) is 22.7 Å². The van der Waals surface area contributed by atoms with E-state index in [1.54, 1.807) is 6.07 Å². The summed E-state index contributed by atoms with van der Waals surface area (Å²) in [5, 5.41) is 7.71. The van der Waals surface area contributed by atoms with Gasteiger partial charge in [-0.15, -0.1) is 0 Å². The molecule has 16 aromatic rings. The van der Waals surface area contributed by atoms with Crippen molar-refractivity contribution in [2.45, 2.75) is 164 Å². The summed E-state index contributed by atoms with van der Waals surface area (Å²) in [7, 11) is 7.98. The molecule has 0 saturated heterocycles. The fourth-order valence-corrected chi connectivity index (χ4v) is 16.3. The van der Waals surface area contributed by atoms with Crippen LogP contribution in [0, 0.1) is 133 Å². The van der Waals surface area contributed by atoms with Crippen LogP contribution in [0.5, 0.6) is 0 Å². The molecule has 16 rings (SSSR count). The number of hydrogen-bond acceptors (Lipinski definition) is 4. The van der Waals surface area contributed by atoms with E-state index in [2.05, 4.69) is 94.0 Å². The van der Waals surface area contributed by atoms with Crippen LogP contribution in [-0.4, -0.2) is 0 Å². The lowest BCUT2D eigenvalue weighted by atomic mass is 9.94. The molecule has 0 bridgehead atoms. The normalized spacial score (nSPS) is 13.0. The van der Waals surface area contributed by atoms with Gasteiger partial charge in [-0.3, -0.25) is 0 Å². The van der Waals surface area contributed by atoms with Crippen molar-refractivity contribution in [2.75, 3.05) is 0 Å². The Labute approximate surface area is 695 Å². The summed E-state index contributed by atoms with van der Waals surface area (Å²) < 4.78 is 103. The zero-order valence-corrected chi connectivity index (χ0v) is 71.4. The standard InChI is InChI=1S/4C26H27N2O/c1-15(2)12-19-13-18(5)28(7)22(14-19)24-17(4)8-10-20-23-16(3)9-11-21(27-6)26(23)29-25(20)24;1-15(2)12-19-13-18(5)28(7)22(14-19)23-16(3)8-10-20-21-11-9-17(4)24(27-6)26(21)29-25(20)23;1-15(2)10-19-13-18(5)28(7)23(14-19)24-17(4)8-9-20-21-11-16(3)12-22(27-6)25(21)29-26(20)24;1-15(2)11-19-13-18(5)28(7)22(14-19)24-17(4)12-16(3)23-20-9-8-10-21(27-6)25(20)29-26(23)24/h2*8-11,13-15H,12H2,1-5,7H3;8-9,11-15H,10H2,1-5,7H3;8-10,12-15H,11H2,1-5,7H3/q4*+1/i2*12D2;10D2;11D2. The highest BCUT2D eigenvalue weighted by Gasteiger charge is 2.30. The number of hydrogen-bond donors (Lipinski definition) is 0. The molecular weight excluding hydrogens is 1430 g/mol. The first-order valence-corrected chi connectivity index (χ1v) is 39.7. The summed E-state index contributed by atoms with van der Waals surface area (Å²) in [6.07, 6.45) is -5.79. The summed E-state index contributed by atoms with van der Waals surface area (Å²) in [5.41, 5.74) is 29.7. The lowest BCUT2D eigenvalue weighted by Crippen LogP contribution is -2.35. The fourth-order valence-electron chi connectivity index (χ4n) is 16.3. The maximum atomic E-state index is 8.64. The Bertz CT molecular complexity index is 7200. The van der Waals surface area contributed by atoms with Gasteiger partial charge in [-0.05, 0) is 172 Å². The van der Waals surface area contributed by atoms with Crippen LogP contribution in [0.25, 0.3) is 152 Å². The van der Waals surface area contributed by atoms with Gasteiger partial charge in [0.1, 0.15) is 72.9 Å². The molecule has 8 aromatic carbocycles. The van der Waals surface area contributed by atoms with Crippen molar-refractivity contribution in [2.24, 2.45) is 51.9 Å². The molecule has 0 amide bonds. The zero-order chi connectivity index (χ0) is 90.6. The maximum Gasteiger partial charge on any atom is 0.232 e. The van der Waals surface area contributed by atoms with Crippen LogP contribution in [0.1, 0.15) is 156 Å². The summed E-state index contributed by atoms with van der Waals surface area (Å²) in [6.45, 7) is 69.7. The SMILES string of the molecule is [2H]C([2H])(c1cc(C)[n+](C)c(-c2c(C)cc(C)c3c2oc2c([N+]#[C-])cccc23)c1)C(C)C.[2H]C([2H])(c1cc(C)[n+](C)c(-c2c(C)ccc3c2oc2c([N+]#[C-])c(C)ccc23)c1)C(C)C.[2H]C([2H])(c1cc(C)[n+](C)c(-c2c(C)ccc3c2oc2c([N+]#[C-])cc(C)cc23)c1)C(C)C.[2H]C([2H])(c1cc(C)[n+](C)c(-c2c(C)ccc3c2oc2c([N+]#[C-])ccc(C)c23)c1)C(C)C. The van der Waals surface area contributed by atoms with Gasteiger partial charge < -0.3 is 17.7 Å². The fraction of sp³-hybridized carbons (Fsp3) is 0.308. The van der Waals surface area contributed by atoms with E-state index in [9.17, 15) is 0 Å². The highest BCUT2D eigenvalue weighted by molar-refractivity contribution is 6.17. The Balaban J connectivity index is 0.000000142. The minimum absolute atomic E-state index is 0.153. The highest BCUT2D eigenvalue weighted by atomic mass is 16.3. The van der Waals surface area contributed by atoms with E-state index in [0.717, 1.165) is 178 Å². The molecule has 0 aliphatic heterocycles. The van der Waals surface area contributed by atoms with Crippen LogP contribution < -0.4 is 18.3 Å². The van der Waals surface area contributed by atoms with Gasteiger partial charge in [0.2, 0.25) is 45.5 Å². The van der Waals surface area contributed by atoms with Crippen LogP contribution in [-0.2, 0) is 53.7 Å². The number of aromatic nitrogens is 4. The predicted molar refractivity (Wildman–Crippen MR) is 477 cm³/mol. The van der Waals surface area contributed by atoms with Gasteiger partial charge in [0, 0.05) is 130 Å². The van der Waals surface area contributed by atoms with Gasteiger partial charge in [-0.1, -0.05) is 152 Å². The van der Waals surface area contributed by atoms with Crippen LogP contribution in [0.2, 0.25) is 0 Å². The van der Waals surface area contributed by atoms with Gasteiger partial charge >= 0.3 is 0 Å². The second kappa shape index (κ2) is 32.8. The van der Waals surface area contributed by atoms with Crippen molar-refractivity contribution in [3.8, 4) is 45.0 Å². The second-order valence-electron chi connectivity index (χ2n) is 32.4. The first kappa shape index (κ1) is 71.3. The minimum Gasteiger partial charge on any atom is -0.466 e. The Morgan fingerprint density at radius 3 is 1.06 bits per heavy atom. The summed E-state index contributed by atoms with van der Waals surface area (Å²) in [5.74, 6) is -0.613. The molecule has 8 heterocycles. The Kier molecular flexibility index (Phi) is 20.2. The third-order valence-corrected chi connectivity index (χ3v) is 22.1. The van der Waals surface area contributed by atoms with Gasteiger partial charge in [0.15, 0.2) is 22.8 Å². The monoisotopic (exact) mass is 1540 g/mol. The molecule has 0 unspecified atom stereocenters. The van der Waals surface area contributed by atoms with E-state index in [4.69, 9.17) is 54.9 Å². The van der Waals surface area contributed by atoms with Crippen molar-refractivity contribution in [3.05, 3.63) is 281 Å². The molecule has 0 aliphatic carbocycles. The zero-order valence-electron chi connectivity index (χ0n) is 79.4. The van der Waals surface area contributed by atoms with Gasteiger partial charge in [-0.25, -0.2) is 19.4 Å². The van der Waals surface area contributed by atoms with E-state index in [0.29, 0.717) is 67.3 Å². The first-order valence-electron chi connectivity index (χ1n) is 43.7. The largest absolute Gasteiger partial charge is 0.466 e. The smallest absolute Gasteiger partial charge is 0.232 e. The number of furan rings is 4. The highest BCUT2D eigenvalue weighted by Crippen LogP contribution is 2.47. The minimum atomic E-state index is -1.45. The molecule has 0 radical (unpaired) electrons. The number of fused-ring (bicyclic) bond motifs is 12. The molecule has 116 heavy (non-hydrogen) atoms. The average molecular weight is 1540 g/mol. The lowest BCUT2D eigenvalue weighted by molar-refractivity contribution is -0.666. The van der Waals surface area contributed by atoms with E-state index >= 15 is 0 Å². The topological polar surface area (TPSA) is 85.5 Å². The third kappa shape index (κ3) is 15.3. The number of para-hydroxylation sites is 1. The van der Waals surface area contributed by atoms with Crippen molar-refractivity contribution in [1.82, 2.24) is 0 Å². The molecule has 0 spiro atoms. The number of nitrogens with zero attached hydrogens (tertiary/aromatic N) is 8. The van der Waals surface area contributed by atoms with Crippen LogP contribution in [0.15, 0.2) is 163 Å². The average Bonchev–Trinajstić information content (AvgIpc) is 1.59. The predicted octanol–water partition coefficient (Wildman–Crippen LogP) is 27.0. The Hall–Kier alpha value is -12.5. The van der Waals surface area contributed by atoms with E-state index in [1.165, 1.54) is 0 Å². The molecule has 8 aromatic heterocycles. The molecule has 0 atom stereocenters. The molecule has 0 fully saturated rings. The third-order valence-electron chi connectivity index (χ3n) is 22.1. The first-order chi connectivity index (χ1) is 58.3. The van der Waals surface area contributed by atoms with E-state index in [1.807, 2.05) is 250 Å². The molecule has 12 nitrogen and oxygen atoms in total. The van der Waals surface area contributed by atoms with Crippen molar-refractivity contribution < 1.29 is 46.9 Å². The second-order valence-corrected chi connectivity index (χ2v) is 32.4. The maximum absolute atomic E-state index is 8.64. The Morgan fingerprint density at radius 2 is 0.629 bits per heavy atom. The van der Waals surface area contributed by atoms with E-state index in [-0.39, 0.29) is 23.7 Å². The number of aryl methyl sites for hydroxylation is 12. The van der Waals surface area contributed by atoms with Crippen LogP contribution >= 0.6 is 0 Å². The number of rotatable bonds is 12. The van der Waals surface area contributed by atoms with Gasteiger partial charge in [0.05, 0.1) is 48.5 Å². The molecule has 12 heteroatoms.